The first-order valence-corrected chi connectivity index (χ1v) is 16.5. The van der Waals surface area contributed by atoms with E-state index in [1.54, 1.807) is 37.8 Å². The van der Waals surface area contributed by atoms with Crippen molar-refractivity contribution in [1.29, 1.82) is 0 Å². The van der Waals surface area contributed by atoms with Crippen LogP contribution in [-0.2, 0) is 28.9 Å². The van der Waals surface area contributed by atoms with E-state index in [-0.39, 0.29) is 17.1 Å². The van der Waals surface area contributed by atoms with Crippen molar-refractivity contribution in [3.63, 3.8) is 0 Å². The van der Waals surface area contributed by atoms with Gasteiger partial charge in [0, 0.05) is 60.6 Å². The molecule has 0 aliphatic rings. The molecule has 1 aromatic carbocycles. The molecule has 0 saturated carbocycles. The standard InChI is InChI=1S/C37H48F3N5O3/c1-7-8-16-36(4,5)21-29-28-20-26(30-22-48-33(44-30)19-24(2)32(46)13-9-10-18-43-41)14-15-31(28)45(23-37(38,39)40)35(29)27-12-11-17-42-34(27)25(3)47-6/h7,11-12,14-15,17,20,22,24-25,43H,1,8-10,13,16,18-19,21,23,41H2,2-6H3. The number of halogens is 3. The number of rotatable bonds is 18. The van der Waals surface area contributed by atoms with Crippen LogP contribution >= 0.6 is 0 Å². The number of allylic oxidation sites excluding steroid dienone is 1. The first-order valence-electron chi connectivity index (χ1n) is 16.5. The van der Waals surface area contributed by atoms with Crippen molar-refractivity contribution in [3.8, 4) is 22.5 Å². The van der Waals surface area contributed by atoms with Crippen LogP contribution in [0.25, 0.3) is 33.4 Å². The lowest BCUT2D eigenvalue weighted by atomic mass is 9.80. The van der Waals surface area contributed by atoms with Crippen LogP contribution < -0.4 is 11.3 Å². The summed E-state index contributed by atoms with van der Waals surface area (Å²) in [5.41, 5.74) is 6.52. The number of nitrogens with two attached hydrogens (primary N) is 1. The molecule has 0 spiro atoms. The molecule has 48 heavy (non-hydrogen) atoms. The minimum Gasteiger partial charge on any atom is -0.448 e. The molecule has 4 aromatic rings. The van der Waals surface area contributed by atoms with Gasteiger partial charge in [-0.2, -0.15) is 13.2 Å². The molecule has 0 aliphatic heterocycles. The second-order valence-corrected chi connectivity index (χ2v) is 13.4. The number of oxazole rings is 1. The number of carbonyl (C=O) groups is 1. The maximum absolute atomic E-state index is 14.3. The third-order valence-corrected chi connectivity index (χ3v) is 8.89. The van der Waals surface area contributed by atoms with E-state index in [4.69, 9.17) is 15.0 Å². The van der Waals surface area contributed by atoms with Gasteiger partial charge in [-0.3, -0.25) is 21.0 Å². The number of Topliss-reactive ketones (excluding diaryl/α,β-unsaturated/α-hetero) is 1. The van der Waals surface area contributed by atoms with Gasteiger partial charge in [0.05, 0.1) is 17.5 Å². The Morgan fingerprint density at radius 2 is 1.98 bits per heavy atom. The summed E-state index contributed by atoms with van der Waals surface area (Å²) >= 11 is 0. The Balaban J connectivity index is 1.84. The molecular weight excluding hydrogens is 619 g/mol. The lowest BCUT2D eigenvalue weighted by Crippen LogP contribution is -2.23. The number of nitrogens with one attached hydrogen (secondary N) is 1. The number of pyridine rings is 1. The Hall–Kier alpha value is -3.80. The zero-order valence-electron chi connectivity index (χ0n) is 28.6. The molecule has 2 unspecified atom stereocenters. The lowest BCUT2D eigenvalue weighted by molar-refractivity contribution is -0.139. The van der Waals surface area contributed by atoms with Gasteiger partial charge in [0.15, 0.2) is 5.89 Å². The third-order valence-electron chi connectivity index (χ3n) is 8.89. The van der Waals surface area contributed by atoms with E-state index in [1.165, 1.54) is 4.57 Å². The average molecular weight is 668 g/mol. The SMILES string of the molecule is C=CCCC(C)(C)Cc1c(-c2cccnc2C(C)OC)n(CC(F)(F)F)c2ccc(-c3coc(CC(C)C(=O)CCCCNN)n3)cc12. The molecule has 0 radical (unpaired) electrons. The summed E-state index contributed by atoms with van der Waals surface area (Å²) in [6.45, 7) is 11.3. The van der Waals surface area contributed by atoms with Gasteiger partial charge in [-0.1, -0.05) is 32.9 Å². The van der Waals surface area contributed by atoms with Gasteiger partial charge in [0.1, 0.15) is 24.3 Å². The van der Waals surface area contributed by atoms with Gasteiger partial charge in [-0.25, -0.2) is 4.98 Å². The van der Waals surface area contributed by atoms with Crippen LogP contribution in [0.2, 0.25) is 0 Å². The van der Waals surface area contributed by atoms with Gasteiger partial charge in [0.25, 0.3) is 0 Å². The van der Waals surface area contributed by atoms with Crippen LogP contribution in [0.5, 0.6) is 0 Å². The highest BCUT2D eigenvalue weighted by Crippen LogP contribution is 2.43. The minimum absolute atomic E-state index is 0.132. The van der Waals surface area contributed by atoms with Crippen molar-refractivity contribution in [3.05, 3.63) is 72.6 Å². The molecule has 3 N–H and O–H groups in total. The molecule has 0 aliphatic carbocycles. The zero-order valence-corrected chi connectivity index (χ0v) is 28.6. The predicted molar refractivity (Wildman–Crippen MR) is 183 cm³/mol. The number of benzene rings is 1. The Labute approximate surface area is 280 Å². The Kier molecular flexibility index (Phi) is 12.4. The maximum atomic E-state index is 14.3. The number of hydrogen-bond acceptors (Lipinski definition) is 7. The number of unbranched alkanes of at least 4 members (excludes halogenated alkanes) is 1. The molecule has 8 nitrogen and oxygen atoms in total. The van der Waals surface area contributed by atoms with Gasteiger partial charge in [-0.15, -0.1) is 6.58 Å². The molecule has 0 saturated heterocycles. The molecular formula is C37H48F3N5O3. The van der Waals surface area contributed by atoms with E-state index < -0.39 is 18.8 Å². The maximum Gasteiger partial charge on any atom is 0.406 e. The number of hydrazine groups is 1. The second kappa shape index (κ2) is 16.1. The number of aromatic nitrogens is 3. The summed E-state index contributed by atoms with van der Waals surface area (Å²) in [5, 5.41) is 0.707. The van der Waals surface area contributed by atoms with Gasteiger partial charge >= 0.3 is 6.18 Å². The van der Waals surface area contributed by atoms with Crippen LogP contribution in [0.3, 0.4) is 0 Å². The monoisotopic (exact) mass is 667 g/mol. The first-order chi connectivity index (χ1) is 22.8. The molecule has 0 amide bonds. The molecule has 0 bridgehead atoms. The second-order valence-electron chi connectivity index (χ2n) is 13.4. The molecule has 2 atom stereocenters. The predicted octanol–water partition coefficient (Wildman–Crippen LogP) is 8.54. The van der Waals surface area contributed by atoms with Crippen LogP contribution in [0.1, 0.15) is 83.1 Å². The molecule has 4 rings (SSSR count). The number of fused-ring (bicyclic) bond motifs is 1. The summed E-state index contributed by atoms with van der Waals surface area (Å²) in [5.74, 6) is 5.61. The van der Waals surface area contributed by atoms with Crippen molar-refractivity contribution in [2.24, 2.45) is 17.2 Å². The van der Waals surface area contributed by atoms with Crippen molar-refractivity contribution in [2.75, 3.05) is 13.7 Å². The van der Waals surface area contributed by atoms with Crippen LogP contribution in [0.15, 0.2) is 59.9 Å². The quantitative estimate of drug-likeness (QED) is 0.0474. The number of alkyl halides is 3. The number of methoxy groups -OCH3 is 1. The van der Waals surface area contributed by atoms with Crippen molar-refractivity contribution >= 4 is 16.7 Å². The van der Waals surface area contributed by atoms with Crippen molar-refractivity contribution in [1.82, 2.24) is 20.0 Å². The fourth-order valence-electron chi connectivity index (χ4n) is 6.21. The average Bonchev–Trinajstić information content (AvgIpc) is 3.62. The summed E-state index contributed by atoms with van der Waals surface area (Å²) in [6, 6.07) is 8.97. The molecule has 260 valence electrons. The smallest absolute Gasteiger partial charge is 0.406 e. The van der Waals surface area contributed by atoms with Crippen LogP contribution in [0, 0.1) is 11.3 Å². The first kappa shape index (κ1) is 37.0. The van der Waals surface area contributed by atoms with Gasteiger partial charge in [-0.05, 0) is 74.3 Å². The normalized spacial score (nSPS) is 13.6. The van der Waals surface area contributed by atoms with E-state index in [0.29, 0.717) is 70.8 Å². The highest BCUT2D eigenvalue weighted by atomic mass is 19.4. The number of nitrogens with zero attached hydrogens (tertiary/aromatic N) is 3. The van der Waals surface area contributed by atoms with Crippen LogP contribution in [0.4, 0.5) is 13.2 Å². The minimum atomic E-state index is -4.47. The number of ether oxygens (including phenoxy) is 1. The van der Waals surface area contributed by atoms with Crippen molar-refractivity contribution < 1.29 is 27.1 Å². The third kappa shape index (κ3) is 9.21. The van der Waals surface area contributed by atoms with E-state index in [0.717, 1.165) is 31.2 Å². The molecule has 3 aromatic heterocycles. The highest BCUT2D eigenvalue weighted by Gasteiger charge is 2.34. The number of ketones is 1. The van der Waals surface area contributed by atoms with Gasteiger partial charge in [0.2, 0.25) is 0 Å². The van der Waals surface area contributed by atoms with Gasteiger partial charge < -0.3 is 13.7 Å². The van der Waals surface area contributed by atoms with Crippen LogP contribution in [-0.4, -0.2) is 40.1 Å². The van der Waals surface area contributed by atoms with E-state index in [9.17, 15) is 18.0 Å². The van der Waals surface area contributed by atoms with E-state index in [1.807, 2.05) is 32.1 Å². The summed E-state index contributed by atoms with van der Waals surface area (Å²) in [7, 11) is 1.56. The van der Waals surface area contributed by atoms with E-state index in [2.05, 4.69) is 35.8 Å². The molecule has 11 heteroatoms. The Morgan fingerprint density at radius 1 is 1.21 bits per heavy atom. The number of carbonyl (C=O) groups excluding carboxylic acids is 1. The van der Waals surface area contributed by atoms with Crippen molar-refractivity contribution in [2.45, 2.75) is 91.5 Å². The topological polar surface area (TPSA) is 108 Å². The zero-order chi connectivity index (χ0) is 35.1. The molecule has 3 heterocycles. The lowest BCUT2D eigenvalue weighted by Gasteiger charge is -2.26. The Bertz CT molecular complexity index is 1690. The molecule has 0 fully saturated rings. The summed E-state index contributed by atoms with van der Waals surface area (Å²) < 4.78 is 55.6. The number of hydrogen-bond donors (Lipinski definition) is 2. The summed E-state index contributed by atoms with van der Waals surface area (Å²) in [6.07, 6.45) is 4.60. The summed E-state index contributed by atoms with van der Waals surface area (Å²) in [4.78, 5) is 21.9. The largest absolute Gasteiger partial charge is 0.448 e. The fourth-order valence-corrected chi connectivity index (χ4v) is 6.21. The van der Waals surface area contributed by atoms with E-state index >= 15 is 0 Å². The Morgan fingerprint density at radius 3 is 2.67 bits per heavy atom. The fraction of sp³-hybridized carbons (Fsp3) is 0.486. The highest BCUT2D eigenvalue weighted by molar-refractivity contribution is 5.95.